The molecule has 1 nitrogen and oxygen atoms in total. The maximum Gasteiger partial charge on any atom is 0.0237 e. The summed E-state index contributed by atoms with van der Waals surface area (Å²) in [4.78, 5) is 2.88. The van der Waals surface area contributed by atoms with Gasteiger partial charge in [-0.2, -0.15) is 0 Å². The summed E-state index contributed by atoms with van der Waals surface area (Å²) in [6.45, 7) is 2.83. The summed E-state index contributed by atoms with van der Waals surface area (Å²) in [5.41, 5.74) is 0.703. The Kier molecular flexibility index (Phi) is 2.31. The predicted molar refractivity (Wildman–Crippen MR) is 59.3 cm³/mol. The van der Waals surface area contributed by atoms with Crippen molar-refractivity contribution >= 4 is 0 Å². The summed E-state index contributed by atoms with van der Waals surface area (Å²) >= 11 is 0. The third-order valence-electron chi connectivity index (χ3n) is 5.07. The van der Waals surface area contributed by atoms with Crippen molar-refractivity contribution in [2.75, 3.05) is 13.1 Å². The number of piperidine rings is 2. The first-order chi connectivity index (χ1) is 6.92. The Balaban J connectivity index is 1.87. The van der Waals surface area contributed by atoms with E-state index in [2.05, 4.69) is 4.90 Å². The average molecular weight is 193 g/mol. The highest BCUT2D eigenvalue weighted by molar-refractivity contribution is 5.03. The predicted octanol–water partition coefficient (Wildman–Crippen LogP) is 3.20. The molecule has 2 aliphatic heterocycles. The second kappa shape index (κ2) is 3.52. The fraction of sp³-hybridized carbons (Fsp3) is 1.00. The maximum absolute atomic E-state index is 2.88. The van der Waals surface area contributed by atoms with E-state index in [1.54, 1.807) is 0 Å². The minimum atomic E-state index is 0.703. The lowest BCUT2D eigenvalue weighted by Crippen LogP contribution is -2.60. The van der Waals surface area contributed by atoms with Crippen LogP contribution in [0.3, 0.4) is 0 Å². The third-order valence-corrected chi connectivity index (χ3v) is 5.07. The van der Waals surface area contributed by atoms with Gasteiger partial charge in [0, 0.05) is 5.54 Å². The molecule has 0 aromatic carbocycles. The molecule has 0 bridgehead atoms. The summed E-state index contributed by atoms with van der Waals surface area (Å²) in [5.74, 6) is 1.07. The molecule has 3 rings (SSSR count). The fourth-order valence-corrected chi connectivity index (χ4v) is 4.43. The van der Waals surface area contributed by atoms with E-state index in [0.717, 1.165) is 5.92 Å². The zero-order valence-corrected chi connectivity index (χ0v) is 9.30. The first-order valence-electron chi connectivity index (χ1n) is 6.67. The first kappa shape index (κ1) is 9.21. The Bertz CT molecular complexity index is 185. The first-order valence-corrected chi connectivity index (χ1v) is 6.67. The normalized spacial score (nSPS) is 44.1. The molecule has 1 aliphatic carbocycles. The van der Waals surface area contributed by atoms with Crippen LogP contribution in [0.5, 0.6) is 0 Å². The lowest BCUT2D eigenvalue weighted by Gasteiger charge is -2.57. The Morgan fingerprint density at radius 2 is 1.50 bits per heavy atom. The number of hydrogen-bond donors (Lipinski definition) is 0. The SMILES string of the molecule is C1CCC23CCCCN2CCCC3C1. The summed E-state index contributed by atoms with van der Waals surface area (Å²) < 4.78 is 0. The zero-order valence-electron chi connectivity index (χ0n) is 9.30. The minimum Gasteiger partial charge on any atom is -0.297 e. The van der Waals surface area contributed by atoms with Crippen LogP contribution in [0.25, 0.3) is 0 Å². The van der Waals surface area contributed by atoms with Crippen molar-refractivity contribution in [3.05, 3.63) is 0 Å². The number of rotatable bonds is 0. The van der Waals surface area contributed by atoms with Gasteiger partial charge in [0.2, 0.25) is 0 Å². The highest BCUT2D eigenvalue weighted by Gasteiger charge is 2.47. The Hall–Kier alpha value is -0.0400. The second-order valence-electron chi connectivity index (χ2n) is 5.63. The monoisotopic (exact) mass is 193 g/mol. The van der Waals surface area contributed by atoms with E-state index in [0.29, 0.717) is 5.54 Å². The second-order valence-corrected chi connectivity index (χ2v) is 5.63. The molecule has 2 unspecified atom stereocenters. The molecule has 0 N–H and O–H groups in total. The summed E-state index contributed by atoms with van der Waals surface area (Å²) in [5, 5.41) is 0. The van der Waals surface area contributed by atoms with Crippen LogP contribution >= 0.6 is 0 Å². The smallest absolute Gasteiger partial charge is 0.0237 e. The van der Waals surface area contributed by atoms with Crippen LogP contribution in [0.2, 0.25) is 0 Å². The van der Waals surface area contributed by atoms with Gasteiger partial charge in [-0.05, 0) is 57.5 Å². The van der Waals surface area contributed by atoms with E-state index in [4.69, 9.17) is 0 Å². The van der Waals surface area contributed by atoms with Crippen LogP contribution in [0.4, 0.5) is 0 Å². The van der Waals surface area contributed by atoms with Gasteiger partial charge < -0.3 is 0 Å². The molecule has 1 spiro atoms. The zero-order chi connectivity index (χ0) is 9.43. The molecule has 3 aliphatic rings. The molecule has 14 heavy (non-hydrogen) atoms. The van der Waals surface area contributed by atoms with E-state index in [1.807, 2.05) is 0 Å². The van der Waals surface area contributed by atoms with Gasteiger partial charge in [-0.1, -0.05) is 19.3 Å². The number of nitrogens with zero attached hydrogens (tertiary/aromatic N) is 1. The van der Waals surface area contributed by atoms with E-state index in [-0.39, 0.29) is 0 Å². The topological polar surface area (TPSA) is 3.24 Å². The van der Waals surface area contributed by atoms with Crippen molar-refractivity contribution in [3.63, 3.8) is 0 Å². The third kappa shape index (κ3) is 1.25. The van der Waals surface area contributed by atoms with Gasteiger partial charge >= 0.3 is 0 Å². The average Bonchev–Trinajstić information content (AvgIpc) is 2.26. The van der Waals surface area contributed by atoms with Crippen molar-refractivity contribution < 1.29 is 0 Å². The van der Waals surface area contributed by atoms with Crippen molar-refractivity contribution in [2.45, 2.75) is 63.3 Å². The standard InChI is InChI=1S/C13H23N/c1-2-8-13-9-3-4-10-14(13)11-5-7-12(13)6-1/h12H,1-11H2. The largest absolute Gasteiger partial charge is 0.297 e. The highest BCUT2D eigenvalue weighted by atomic mass is 15.2. The molecule has 0 aromatic rings. The molecular weight excluding hydrogens is 170 g/mol. The molecule has 80 valence electrons. The quantitative estimate of drug-likeness (QED) is 0.571. The molecule has 0 radical (unpaired) electrons. The molecule has 2 atom stereocenters. The minimum absolute atomic E-state index is 0.703. The molecule has 2 heterocycles. The molecule has 0 amide bonds. The van der Waals surface area contributed by atoms with Gasteiger partial charge in [0.15, 0.2) is 0 Å². The molecular formula is C13H23N. The van der Waals surface area contributed by atoms with Gasteiger partial charge in [0.05, 0.1) is 0 Å². The van der Waals surface area contributed by atoms with Gasteiger partial charge in [-0.15, -0.1) is 0 Å². The van der Waals surface area contributed by atoms with Gasteiger partial charge in [0.1, 0.15) is 0 Å². The number of hydrogen-bond acceptors (Lipinski definition) is 1. The summed E-state index contributed by atoms with van der Waals surface area (Å²) in [6.07, 6.45) is 13.6. The van der Waals surface area contributed by atoms with Gasteiger partial charge in [-0.3, -0.25) is 4.90 Å². The van der Waals surface area contributed by atoms with E-state index in [9.17, 15) is 0 Å². The van der Waals surface area contributed by atoms with Crippen LogP contribution in [-0.2, 0) is 0 Å². The highest BCUT2D eigenvalue weighted by Crippen LogP contribution is 2.48. The molecule has 1 heteroatoms. The van der Waals surface area contributed by atoms with Crippen LogP contribution in [0.1, 0.15) is 57.8 Å². The Morgan fingerprint density at radius 1 is 0.786 bits per heavy atom. The molecule has 1 saturated carbocycles. The lowest BCUT2D eigenvalue weighted by molar-refractivity contribution is -0.0599. The summed E-state index contributed by atoms with van der Waals surface area (Å²) in [6, 6.07) is 0. The van der Waals surface area contributed by atoms with Crippen molar-refractivity contribution in [1.29, 1.82) is 0 Å². The Labute approximate surface area is 87.9 Å². The Morgan fingerprint density at radius 3 is 2.43 bits per heavy atom. The van der Waals surface area contributed by atoms with Crippen LogP contribution in [0, 0.1) is 5.92 Å². The lowest BCUT2D eigenvalue weighted by atomic mass is 9.64. The van der Waals surface area contributed by atoms with Crippen LogP contribution in [-0.4, -0.2) is 23.5 Å². The van der Waals surface area contributed by atoms with Crippen molar-refractivity contribution in [3.8, 4) is 0 Å². The van der Waals surface area contributed by atoms with E-state index < -0.39 is 0 Å². The summed E-state index contributed by atoms with van der Waals surface area (Å²) in [7, 11) is 0. The van der Waals surface area contributed by atoms with Crippen molar-refractivity contribution in [1.82, 2.24) is 4.90 Å². The van der Waals surface area contributed by atoms with Gasteiger partial charge in [-0.25, -0.2) is 0 Å². The molecule has 3 fully saturated rings. The van der Waals surface area contributed by atoms with Crippen molar-refractivity contribution in [2.24, 2.45) is 5.92 Å². The maximum atomic E-state index is 2.88. The van der Waals surface area contributed by atoms with Crippen LogP contribution < -0.4 is 0 Å². The van der Waals surface area contributed by atoms with Crippen LogP contribution in [0.15, 0.2) is 0 Å². The van der Waals surface area contributed by atoms with Gasteiger partial charge in [0.25, 0.3) is 0 Å². The molecule has 0 aromatic heterocycles. The van der Waals surface area contributed by atoms with E-state index in [1.165, 1.54) is 70.9 Å². The fourth-order valence-electron chi connectivity index (χ4n) is 4.43. The molecule has 2 saturated heterocycles. The van der Waals surface area contributed by atoms with E-state index >= 15 is 0 Å².